The molecule has 21 heavy (non-hydrogen) atoms. The molecule has 2 bridgehead atoms. The molecule has 2 aliphatic heterocycles. The van der Waals surface area contributed by atoms with Gasteiger partial charge in [0.25, 0.3) is 0 Å². The van der Waals surface area contributed by atoms with Crippen molar-refractivity contribution in [3.63, 3.8) is 0 Å². The number of amides is 2. The number of carboxylic acids is 1. The third-order valence-corrected chi connectivity index (χ3v) is 4.54. The number of likely N-dealkylation sites (N-methyl/N-ethyl adjacent to an activating group) is 1. The summed E-state index contributed by atoms with van der Waals surface area (Å²) >= 11 is 0. The number of urea groups is 1. The number of aliphatic carboxylic acids is 1. The molecule has 2 fully saturated rings. The molecule has 2 amide bonds. The summed E-state index contributed by atoms with van der Waals surface area (Å²) in [5.41, 5.74) is 0. The summed E-state index contributed by atoms with van der Waals surface area (Å²) < 4.78 is 0. The van der Waals surface area contributed by atoms with E-state index in [1.54, 1.807) is 0 Å². The molecule has 0 aromatic heterocycles. The van der Waals surface area contributed by atoms with Gasteiger partial charge in [0.05, 0.1) is 0 Å². The summed E-state index contributed by atoms with van der Waals surface area (Å²) in [6.45, 7) is 2.83. The zero-order valence-corrected chi connectivity index (χ0v) is 13.2. The largest absolute Gasteiger partial charge is 0.481 e. The van der Waals surface area contributed by atoms with Crippen molar-refractivity contribution in [1.82, 2.24) is 15.1 Å². The van der Waals surface area contributed by atoms with Crippen molar-refractivity contribution in [2.24, 2.45) is 5.92 Å². The molecule has 0 aromatic carbocycles. The van der Waals surface area contributed by atoms with Crippen molar-refractivity contribution >= 4 is 12.0 Å². The highest BCUT2D eigenvalue weighted by molar-refractivity contribution is 5.76. The van der Waals surface area contributed by atoms with E-state index in [9.17, 15) is 9.59 Å². The topological polar surface area (TPSA) is 72.9 Å². The summed E-state index contributed by atoms with van der Waals surface area (Å²) in [4.78, 5) is 27.4. The summed E-state index contributed by atoms with van der Waals surface area (Å²) in [5, 5.41) is 12.0. The number of rotatable bonds is 5. The molecule has 2 heterocycles. The van der Waals surface area contributed by atoms with E-state index in [0.717, 1.165) is 32.2 Å². The van der Waals surface area contributed by atoms with Gasteiger partial charge in [-0.15, -0.1) is 0 Å². The fraction of sp³-hybridized carbons (Fsp3) is 0.867. The summed E-state index contributed by atoms with van der Waals surface area (Å²) in [6.07, 6.45) is 3.92. The smallest absolute Gasteiger partial charge is 0.318 e. The van der Waals surface area contributed by atoms with Crippen molar-refractivity contribution in [3.8, 4) is 0 Å². The SMILES string of the molecule is CC(CN(C)C)NC(=O)N1C2CCC1CC(CC(=O)O)C2. The first-order valence-electron chi connectivity index (χ1n) is 7.82. The molecule has 6 nitrogen and oxygen atoms in total. The van der Waals surface area contributed by atoms with Crippen LogP contribution >= 0.6 is 0 Å². The van der Waals surface area contributed by atoms with Crippen LogP contribution in [0.1, 0.15) is 39.0 Å². The Morgan fingerprint density at radius 3 is 2.33 bits per heavy atom. The number of carbonyl (C=O) groups is 2. The number of carboxylic acid groups (broad SMARTS) is 1. The normalized spacial score (nSPS) is 29.5. The molecule has 120 valence electrons. The Kier molecular flexibility index (Phi) is 5.08. The number of fused-ring (bicyclic) bond motifs is 2. The summed E-state index contributed by atoms with van der Waals surface area (Å²) in [7, 11) is 3.98. The molecule has 2 aliphatic rings. The van der Waals surface area contributed by atoms with Crippen molar-refractivity contribution < 1.29 is 14.7 Å². The van der Waals surface area contributed by atoms with Crippen molar-refractivity contribution in [2.75, 3.05) is 20.6 Å². The highest BCUT2D eigenvalue weighted by atomic mass is 16.4. The lowest BCUT2D eigenvalue weighted by Gasteiger charge is -2.39. The van der Waals surface area contributed by atoms with E-state index < -0.39 is 5.97 Å². The molecule has 2 saturated heterocycles. The van der Waals surface area contributed by atoms with Crippen LogP contribution < -0.4 is 5.32 Å². The monoisotopic (exact) mass is 297 g/mol. The Morgan fingerprint density at radius 2 is 1.86 bits per heavy atom. The fourth-order valence-electron chi connectivity index (χ4n) is 3.91. The Balaban J connectivity index is 1.90. The minimum Gasteiger partial charge on any atom is -0.481 e. The Hall–Kier alpha value is -1.30. The van der Waals surface area contributed by atoms with Crippen molar-refractivity contribution in [1.29, 1.82) is 0 Å². The number of hydrogen-bond donors (Lipinski definition) is 2. The Labute approximate surface area is 126 Å². The van der Waals surface area contributed by atoms with Gasteiger partial charge >= 0.3 is 12.0 Å². The third kappa shape index (κ3) is 4.09. The van der Waals surface area contributed by atoms with Gasteiger partial charge in [-0.25, -0.2) is 4.79 Å². The first-order valence-corrected chi connectivity index (χ1v) is 7.82. The van der Waals surface area contributed by atoms with Crippen molar-refractivity contribution in [2.45, 2.75) is 57.2 Å². The Morgan fingerprint density at radius 1 is 1.29 bits per heavy atom. The minimum absolute atomic E-state index is 0.0191. The van der Waals surface area contributed by atoms with E-state index in [2.05, 4.69) is 10.2 Å². The average molecular weight is 297 g/mol. The van der Waals surface area contributed by atoms with Crippen LogP contribution in [-0.2, 0) is 4.79 Å². The van der Waals surface area contributed by atoms with Crippen molar-refractivity contribution in [3.05, 3.63) is 0 Å². The van der Waals surface area contributed by atoms with E-state index in [4.69, 9.17) is 5.11 Å². The van der Waals surface area contributed by atoms with E-state index in [1.807, 2.05) is 25.9 Å². The maximum absolute atomic E-state index is 12.5. The van der Waals surface area contributed by atoms with Gasteiger partial charge in [0.2, 0.25) is 0 Å². The van der Waals surface area contributed by atoms with E-state index in [-0.39, 0.29) is 36.5 Å². The lowest BCUT2D eigenvalue weighted by atomic mass is 9.88. The highest BCUT2D eigenvalue weighted by Gasteiger charge is 2.43. The number of piperidine rings is 1. The first-order chi connectivity index (χ1) is 9.86. The molecule has 2 rings (SSSR count). The molecular formula is C15H27N3O3. The van der Waals surface area contributed by atoms with Gasteiger partial charge < -0.3 is 20.2 Å². The molecule has 6 heteroatoms. The average Bonchev–Trinajstić information content (AvgIpc) is 2.59. The van der Waals surface area contributed by atoms with E-state index in [1.165, 1.54) is 0 Å². The zero-order valence-electron chi connectivity index (χ0n) is 13.2. The van der Waals surface area contributed by atoms with Crippen LogP contribution in [0.3, 0.4) is 0 Å². The zero-order chi connectivity index (χ0) is 15.6. The fourth-order valence-corrected chi connectivity index (χ4v) is 3.91. The number of nitrogens with zero attached hydrogens (tertiary/aromatic N) is 2. The van der Waals surface area contributed by atoms with Gasteiger partial charge in [-0.1, -0.05) is 0 Å². The lowest BCUT2D eigenvalue weighted by Crippen LogP contribution is -2.53. The van der Waals surface area contributed by atoms with Gasteiger partial charge in [0.1, 0.15) is 0 Å². The van der Waals surface area contributed by atoms with Crippen LogP contribution in [0.15, 0.2) is 0 Å². The molecule has 3 unspecified atom stereocenters. The van der Waals surface area contributed by atoms with Crippen LogP contribution in [0.5, 0.6) is 0 Å². The Bertz CT molecular complexity index is 386. The predicted molar refractivity (Wildman–Crippen MR) is 80.2 cm³/mol. The van der Waals surface area contributed by atoms with Gasteiger partial charge in [-0.3, -0.25) is 4.79 Å². The van der Waals surface area contributed by atoms with Crippen LogP contribution in [-0.4, -0.2) is 65.7 Å². The van der Waals surface area contributed by atoms with Crippen LogP contribution in [0.4, 0.5) is 4.79 Å². The first kappa shape index (κ1) is 16.1. The number of carbonyl (C=O) groups excluding carboxylic acids is 1. The second-order valence-corrected chi connectivity index (χ2v) is 6.84. The number of nitrogens with one attached hydrogen (secondary N) is 1. The standard InChI is InChI=1S/C15H27N3O3/c1-10(9-17(2)3)16-15(21)18-12-4-5-13(18)7-11(6-12)8-14(19)20/h10-13H,4-9H2,1-3H3,(H,16,21)(H,19,20). The van der Waals surface area contributed by atoms with E-state index in [0.29, 0.717) is 0 Å². The molecule has 2 N–H and O–H groups in total. The van der Waals surface area contributed by atoms with Gasteiger partial charge in [0, 0.05) is 31.1 Å². The van der Waals surface area contributed by atoms with Gasteiger partial charge in [-0.05, 0) is 52.6 Å². The molecular weight excluding hydrogens is 270 g/mol. The van der Waals surface area contributed by atoms with Gasteiger partial charge in [0.15, 0.2) is 0 Å². The second kappa shape index (κ2) is 6.64. The maximum Gasteiger partial charge on any atom is 0.318 e. The van der Waals surface area contributed by atoms with Crippen LogP contribution in [0, 0.1) is 5.92 Å². The van der Waals surface area contributed by atoms with E-state index >= 15 is 0 Å². The summed E-state index contributed by atoms with van der Waals surface area (Å²) in [6, 6.07) is 0.577. The third-order valence-electron chi connectivity index (χ3n) is 4.54. The minimum atomic E-state index is -0.725. The molecule has 0 spiro atoms. The molecule has 0 aromatic rings. The highest BCUT2D eigenvalue weighted by Crippen LogP contribution is 2.39. The maximum atomic E-state index is 12.5. The molecule has 3 atom stereocenters. The lowest BCUT2D eigenvalue weighted by molar-refractivity contribution is -0.138. The predicted octanol–water partition coefficient (Wildman–Crippen LogP) is 1.36. The van der Waals surface area contributed by atoms with Crippen LogP contribution in [0.2, 0.25) is 0 Å². The number of hydrogen-bond acceptors (Lipinski definition) is 3. The molecule has 0 saturated carbocycles. The molecule has 0 radical (unpaired) electrons. The quantitative estimate of drug-likeness (QED) is 0.804. The summed E-state index contributed by atoms with van der Waals surface area (Å²) in [5.74, 6) is -0.500. The van der Waals surface area contributed by atoms with Gasteiger partial charge in [-0.2, -0.15) is 0 Å². The second-order valence-electron chi connectivity index (χ2n) is 6.84. The van der Waals surface area contributed by atoms with Crippen LogP contribution in [0.25, 0.3) is 0 Å². The molecule has 0 aliphatic carbocycles.